The number of esters is 1. The van der Waals surface area contributed by atoms with Crippen LogP contribution < -0.4 is 24.0 Å². The van der Waals surface area contributed by atoms with Crippen molar-refractivity contribution in [3.63, 3.8) is 0 Å². The molecule has 0 rings (SSSR count). The van der Waals surface area contributed by atoms with E-state index in [2.05, 4.69) is 21.0 Å². The Labute approximate surface area is 155 Å². The van der Waals surface area contributed by atoms with Crippen LogP contribution in [0.15, 0.2) is 0 Å². The van der Waals surface area contributed by atoms with Gasteiger partial charge in [0.05, 0.1) is 27.2 Å². The number of likely N-dealkylation sites (N-methyl/N-ethyl adjacent to an activating group) is 1. The number of halogens is 1. The van der Waals surface area contributed by atoms with Crippen LogP contribution in [0.2, 0.25) is 0 Å². The van der Waals surface area contributed by atoms with Crippen LogP contribution in [-0.4, -0.2) is 44.2 Å². The van der Waals surface area contributed by atoms with Crippen LogP contribution >= 0.6 is 0 Å². The highest BCUT2D eigenvalue weighted by Crippen LogP contribution is 2.11. The van der Waals surface area contributed by atoms with Gasteiger partial charge in [0, 0.05) is 0 Å². The van der Waals surface area contributed by atoms with Gasteiger partial charge < -0.3 is 33.2 Å². The first-order valence-corrected chi connectivity index (χ1v) is 8.99. The fourth-order valence-electron chi connectivity index (χ4n) is 2.66. The second-order valence-electron chi connectivity index (χ2n) is 6.80. The van der Waals surface area contributed by atoms with Crippen molar-refractivity contribution in [2.24, 2.45) is 0 Å². The number of carbonyl (C=O) groups is 1. The van der Waals surface area contributed by atoms with E-state index >= 15 is 0 Å². The van der Waals surface area contributed by atoms with Crippen LogP contribution in [0, 0.1) is 0 Å². The summed E-state index contributed by atoms with van der Waals surface area (Å²) >= 11 is 0. The standard InChI is InChI=1S/C18H38NO2.HI/c1-5-7-8-9-10-11-12-13-14-15-16-19(3,4)17-18(20)21-6-2;/h5-17H2,1-4H3;1H/q+1;/p-1. The van der Waals surface area contributed by atoms with E-state index in [0.717, 1.165) is 11.0 Å². The molecule has 0 aromatic carbocycles. The predicted octanol–water partition coefficient (Wildman–Crippen LogP) is 1.55. The fourth-order valence-corrected chi connectivity index (χ4v) is 2.66. The lowest BCUT2D eigenvalue weighted by Gasteiger charge is -2.28. The zero-order valence-electron chi connectivity index (χ0n) is 15.3. The maximum absolute atomic E-state index is 11.5. The molecule has 0 amide bonds. The molecule has 3 nitrogen and oxygen atoms in total. The number of ether oxygens (including phenoxy) is 1. The maximum Gasteiger partial charge on any atom is 0.361 e. The number of hydrogen-bond acceptors (Lipinski definition) is 2. The SMILES string of the molecule is CCCCCCCCCCCC[N+](C)(C)CC(=O)OCC.[I-]. The van der Waals surface area contributed by atoms with Crippen molar-refractivity contribution in [3.05, 3.63) is 0 Å². The topological polar surface area (TPSA) is 26.3 Å². The molecule has 0 spiro atoms. The summed E-state index contributed by atoms with van der Waals surface area (Å²) in [4.78, 5) is 11.5. The highest BCUT2D eigenvalue weighted by atomic mass is 127. The molecule has 0 aromatic rings. The van der Waals surface area contributed by atoms with Gasteiger partial charge in [0.2, 0.25) is 0 Å². The lowest BCUT2D eigenvalue weighted by atomic mass is 10.1. The van der Waals surface area contributed by atoms with E-state index in [0.29, 0.717) is 13.2 Å². The molecule has 0 bridgehead atoms. The van der Waals surface area contributed by atoms with E-state index in [1.807, 2.05) is 6.92 Å². The minimum absolute atomic E-state index is 0. The molecule has 0 fully saturated rings. The molecule has 4 heteroatoms. The third kappa shape index (κ3) is 16.5. The van der Waals surface area contributed by atoms with Crippen molar-refractivity contribution in [1.29, 1.82) is 0 Å². The van der Waals surface area contributed by atoms with Crippen LogP contribution in [0.4, 0.5) is 0 Å². The monoisotopic (exact) mass is 427 g/mol. The maximum atomic E-state index is 11.5. The van der Waals surface area contributed by atoms with Gasteiger partial charge in [-0.2, -0.15) is 0 Å². The fraction of sp³-hybridized carbons (Fsp3) is 0.944. The number of hydrogen-bond donors (Lipinski definition) is 0. The zero-order valence-corrected chi connectivity index (χ0v) is 17.5. The van der Waals surface area contributed by atoms with Gasteiger partial charge in [-0.1, -0.05) is 58.3 Å². The molecule has 0 radical (unpaired) electrons. The minimum Gasteiger partial charge on any atom is -1.00 e. The Bertz CT molecular complexity index is 257. The van der Waals surface area contributed by atoms with Gasteiger partial charge in [0.1, 0.15) is 0 Å². The predicted molar refractivity (Wildman–Crippen MR) is 90.3 cm³/mol. The number of unbranched alkanes of at least 4 members (excludes halogenated alkanes) is 9. The highest BCUT2D eigenvalue weighted by Gasteiger charge is 2.20. The van der Waals surface area contributed by atoms with Crippen LogP contribution in [0.5, 0.6) is 0 Å². The summed E-state index contributed by atoms with van der Waals surface area (Å²) in [6.45, 7) is 6.17. The lowest BCUT2D eigenvalue weighted by Crippen LogP contribution is -3.00. The average molecular weight is 427 g/mol. The molecule has 134 valence electrons. The quantitative estimate of drug-likeness (QED) is 0.182. The van der Waals surface area contributed by atoms with Crippen LogP contribution in [0.1, 0.15) is 78.1 Å². The molecular weight excluding hydrogens is 389 g/mol. The highest BCUT2D eigenvalue weighted by molar-refractivity contribution is 5.70. The van der Waals surface area contributed by atoms with E-state index in [-0.39, 0.29) is 29.9 Å². The Morgan fingerprint density at radius 2 is 1.27 bits per heavy atom. The van der Waals surface area contributed by atoms with Crippen molar-refractivity contribution in [1.82, 2.24) is 0 Å². The molecule has 0 heterocycles. The number of carbonyl (C=O) groups excluding carboxylic acids is 1. The molecule has 22 heavy (non-hydrogen) atoms. The van der Waals surface area contributed by atoms with Gasteiger partial charge in [0.15, 0.2) is 6.54 Å². The van der Waals surface area contributed by atoms with Gasteiger partial charge in [-0.15, -0.1) is 0 Å². The summed E-state index contributed by atoms with van der Waals surface area (Å²) in [6.07, 6.45) is 13.6. The van der Waals surface area contributed by atoms with Crippen LogP contribution in [-0.2, 0) is 9.53 Å². The summed E-state index contributed by atoms with van der Waals surface area (Å²) in [5.41, 5.74) is 0. The second-order valence-corrected chi connectivity index (χ2v) is 6.80. The molecule has 0 N–H and O–H groups in total. The van der Waals surface area contributed by atoms with Crippen molar-refractivity contribution < 1.29 is 38.0 Å². The van der Waals surface area contributed by atoms with Crippen molar-refractivity contribution >= 4 is 5.97 Å². The molecule has 0 atom stereocenters. The normalized spacial score (nSPS) is 11.1. The van der Waals surface area contributed by atoms with E-state index in [1.54, 1.807) is 0 Å². The van der Waals surface area contributed by atoms with Crippen molar-refractivity contribution in [3.8, 4) is 0 Å². The second kappa shape index (κ2) is 16.0. The van der Waals surface area contributed by atoms with Crippen molar-refractivity contribution in [2.45, 2.75) is 78.1 Å². The van der Waals surface area contributed by atoms with Gasteiger partial charge in [-0.3, -0.25) is 0 Å². The Balaban J connectivity index is 0. The summed E-state index contributed by atoms with van der Waals surface area (Å²) < 4.78 is 5.77. The van der Waals surface area contributed by atoms with Gasteiger partial charge in [0.25, 0.3) is 0 Å². The Morgan fingerprint density at radius 1 is 0.818 bits per heavy atom. The van der Waals surface area contributed by atoms with Crippen LogP contribution in [0.25, 0.3) is 0 Å². The molecule has 0 unspecified atom stereocenters. The smallest absolute Gasteiger partial charge is 0.361 e. The number of nitrogens with zero attached hydrogens (tertiary/aromatic N) is 1. The van der Waals surface area contributed by atoms with E-state index < -0.39 is 0 Å². The Kier molecular flexibility index (Phi) is 17.8. The van der Waals surface area contributed by atoms with Gasteiger partial charge in [-0.05, 0) is 19.8 Å². The summed E-state index contributed by atoms with van der Waals surface area (Å²) in [5, 5.41) is 0. The largest absolute Gasteiger partial charge is 1.00 e. The molecule has 0 aliphatic rings. The van der Waals surface area contributed by atoms with Crippen LogP contribution in [0.3, 0.4) is 0 Å². The average Bonchev–Trinajstić information content (AvgIpc) is 2.40. The lowest BCUT2D eigenvalue weighted by molar-refractivity contribution is -0.883. The van der Waals surface area contributed by atoms with E-state index in [4.69, 9.17) is 4.74 Å². The van der Waals surface area contributed by atoms with Gasteiger partial charge in [-0.25, -0.2) is 4.79 Å². The first-order chi connectivity index (χ1) is 10.0. The number of quaternary nitrogens is 1. The molecule has 0 saturated heterocycles. The first kappa shape index (κ1) is 24.4. The Morgan fingerprint density at radius 3 is 1.73 bits per heavy atom. The third-order valence-corrected chi connectivity index (χ3v) is 3.98. The number of rotatable bonds is 14. The minimum atomic E-state index is -0.0745. The molecule has 0 saturated carbocycles. The molecular formula is C18H38INO2. The van der Waals surface area contributed by atoms with Gasteiger partial charge >= 0.3 is 5.97 Å². The summed E-state index contributed by atoms with van der Waals surface area (Å²) in [7, 11) is 4.23. The summed E-state index contributed by atoms with van der Waals surface area (Å²) in [5.74, 6) is -0.0745. The zero-order chi connectivity index (χ0) is 16.0. The van der Waals surface area contributed by atoms with Crippen molar-refractivity contribution in [2.75, 3.05) is 33.8 Å². The Hall–Kier alpha value is 0.160. The molecule has 0 aromatic heterocycles. The molecule has 0 aliphatic carbocycles. The molecule has 0 aliphatic heterocycles. The van der Waals surface area contributed by atoms with E-state index in [1.165, 1.54) is 64.2 Å². The summed E-state index contributed by atoms with van der Waals surface area (Å²) in [6, 6.07) is 0. The third-order valence-electron chi connectivity index (χ3n) is 3.98. The van der Waals surface area contributed by atoms with E-state index in [9.17, 15) is 4.79 Å². The first-order valence-electron chi connectivity index (χ1n) is 8.99.